The lowest BCUT2D eigenvalue weighted by molar-refractivity contribution is 0.0401. The predicted octanol–water partition coefficient (Wildman–Crippen LogP) is 3.84. The molecule has 3 aromatic rings. The number of rotatable bonds is 9. The highest BCUT2D eigenvalue weighted by Gasteiger charge is 2.27. The molecule has 1 N–H and O–H groups in total. The zero-order chi connectivity index (χ0) is 22.2. The van der Waals surface area contributed by atoms with Crippen molar-refractivity contribution in [3.05, 3.63) is 96.1 Å². The van der Waals surface area contributed by atoms with Crippen LogP contribution in [0.1, 0.15) is 17.2 Å². The smallest absolute Gasteiger partial charge is 0.119 e. The van der Waals surface area contributed by atoms with Crippen LogP contribution in [0.5, 0.6) is 11.5 Å². The summed E-state index contributed by atoms with van der Waals surface area (Å²) in [5, 5.41) is 10.5. The first-order valence-corrected chi connectivity index (χ1v) is 11.2. The van der Waals surface area contributed by atoms with Gasteiger partial charge in [0.2, 0.25) is 0 Å². The van der Waals surface area contributed by atoms with Crippen LogP contribution in [0.15, 0.2) is 84.9 Å². The zero-order valence-corrected chi connectivity index (χ0v) is 18.6. The van der Waals surface area contributed by atoms with E-state index in [1.807, 2.05) is 24.3 Å². The molecule has 0 aliphatic carbocycles. The minimum Gasteiger partial charge on any atom is -0.497 e. The molecule has 0 spiro atoms. The number of benzene rings is 3. The highest BCUT2D eigenvalue weighted by Crippen LogP contribution is 2.29. The van der Waals surface area contributed by atoms with E-state index < -0.39 is 6.10 Å². The SMILES string of the molecule is COc1ccc(OC[C@@H](O)CN2CCN(C(c3ccccc3)c3ccccc3)CC2)cc1. The average Bonchev–Trinajstić information content (AvgIpc) is 2.86. The zero-order valence-electron chi connectivity index (χ0n) is 18.6. The number of aliphatic hydroxyl groups excluding tert-OH is 1. The molecule has 1 aliphatic heterocycles. The number of methoxy groups -OCH3 is 1. The second-order valence-corrected chi connectivity index (χ2v) is 8.20. The molecule has 0 aromatic heterocycles. The van der Waals surface area contributed by atoms with Gasteiger partial charge in [-0.1, -0.05) is 60.7 Å². The standard InChI is InChI=1S/C27H32N2O3/c1-31-25-12-14-26(15-13-25)32-21-24(30)20-28-16-18-29(19-17-28)27(22-8-4-2-5-9-22)23-10-6-3-7-11-23/h2-15,24,27,30H,16-21H2,1H3/t24-/m0/s1. The van der Waals surface area contributed by atoms with Crippen LogP contribution in [0.3, 0.4) is 0 Å². The first-order chi connectivity index (χ1) is 15.7. The molecule has 1 aliphatic rings. The molecule has 3 aromatic carbocycles. The van der Waals surface area contributed by atoms with Crippen molar-refractivity contribution in [1.29, 1.82) is 0 Å². The Morgan fingerprint density at radius 2 is 1.28 bits per heavy atom. The van der Waals surface area contributed by atoms with Crippen LogP contribution in [-0.2, 0) is 0 Å². The minimum atomic E-state index is -0.525. The van der Waals surface area contributed by atoms with Crippen molar-refractivity contribution < 1.29 is 14.6 Å². The summed E-state index contributed by atoms with van der Waals surface area (Å²) in [6, 6.07) is 29.1. The van der Waals surface area contributed by atoms with Gasteiger partial charge < -0.3 is 14.6 Å². The van der Waals surface area contributed by atoms with E-state index in [4.69, 9.17) is 9.47 Å². The fourth-order valence-corrected chi connectivity index (χ4v) is 4.30. The molecule has 168 valence electrons. The Bertz CT molecular complexity index is 887. The van der Waals surface area contributed by atoms with Crippen molar-refractivity contribution in [3.63, 3.8) is 0 Å². The van der Waals surface area contributed by atoms with E-state index in [2.05, 4.69) is 70.5 Å². The molecule has 4 rings (SSSR count). The largest absolute Gasteiger partial charge is 0.497 e. The minimum absolute atomic E-state index is 0.253. The molecule has 0 saturated carbocycles. The van der Waals surface area contributed by atoms with E-state index in [9.17, 15) is 5.11 Å². The lowest BCUT2D eigenvalue weighted by Crippen LogP contribution is -2.50. The molecule has 0 unspecified atom stereocenters. The van der Waals surface area contributed by atoms with Gasteiger partial charge in [0.15, 0.2) is 0 Å². The Balaban J connectivity index is 1.30. The molecule has 1 saturated heterocycles. The Hall–Kier alpha value is -2.86. The highest BCUT2D eigenvalue weighted by molar-refractivity contribution is 5.32. The van der Waals surface area contributed by atoms with Gasteiger partial charge in [-0.3, -0.25) is 9.80 Å². The van der Waals surface area contributed by atoms with Gasteiger partial charge >= 0.3 is 0 Å². The molecule has 5 nitrogen and oxygen atoms in total. The number of piperazine rings is 1. The van der Waals surface area contributed by atoms with Crippen LogP contribution in [0, 0.1) is 0 Å². The van der Waals surface area contributed by atoms with Crippen LogP contribution in [-0.4, -0.2) is 67.5 Å². The monoisotopic (exact) mass is 432 g/mol. The van der Waals surface area contributed by atoms with E-state index in [1.165, 1.54) is 11.1 Å². The summed E-state index contributed by atoms with van der Waals surface area (Å²) in [5.74, 6) is 1.53. The fourth-order valence-electron chi connectivity index (χ4n) is 4.30. The van der Waals surface area contributed by atoms with Gasteiger partial charge in [0.1, 0.15) is 24.2 Å². The molecule has 1 fully saturated rings. The fraction of sp³-hybridized carbons (Fsp3) is 0.333. The normalized spacial score (nSPS) is 16.1. The molecule has 0 bridgehead atoms. The van der Waals surface area contributed by atoms with Crippen molar-refractivity contribution in [3.8, 4) is 11.5 Å². The molecule has 0 radical (unpaired) electrons. The number of aliphatic hydroxyl groups is 1. The Labute approximate surface area is 190 Å². The average molecular weight is 433 g/mol. The molecule has 1 heterocycles. The number of nitrogens with zero attached hydrogens (tertiary/aromatic N) is 2. The van der Waals surface area contributed by atoms with Gasteiger partial charge in [-0.25, -0.2) is 0 Å². The number of ether oxygens (including phenoxy) is 2. The predicted molar refractivity (Wildman–Crippen MR) is 127 cm³/mol. The molecule has 0 amide bonds. The lowest BCUT2D eigenvalue weighted by Gasteiger charge is -2.40. The number of hydrogen-bond acceptors (Lipinski definition) is 5. The first-order valence-electron chi connectivity index (χ1n) is 11.2. The van der Waals surface area contributed by atoms with Crippen LogP contribution in [0.25, 0.3) is 0 Å². The molecule has 5 heteroatoms. The van der Waals surface area contributed by atoms with Gasteiger partial charge in [0, 0.05) is 32.7 Å². The lowest BCUT2D eigenvalue weighted by atomic mass is 9.96. The number of hydrogen-bond donors (Lipinski definition) is 1. The Morgan fingerprint density at radius 3 is 1.81 bits per heavy atom. The topological polar surface area (TPSA) is 45.2 Å². The van der Waals surface area contributed by atoms with Gasteiger partial charge in [-0.05, 0) is 35.4 Å². The summed E-state index contributed by atoms with van der Waals surface area (Å²) in [5.41, 5.74) is 2.64. The second kappa shape index (κ2) is 11.1. The second-order valence-electron chi connectivity index (χ2n) is 8.20. The van der Waals surface area contributed by atoms with Crippen molar-refractivity contribution >= 4 is 0 Å². The quantitative estimate of drug-likeness (QED) is 0.557. The van der Waals surface area contributed by atoms with Crippen LogP contribution >= 0.6 is 0 Å². The van der Waals surface area contributed by atoms with E-state index in [-0.39, 0.29) is 12.6 Å². The third kappa shape index (κ3) is 5.88. The van der Waals surface area contributed by atoms with Crippen molar-refractivity contribution in [2.24, 2.45) is 0 Å². The summed E-state index contributed by atoms with van der Waals surface area (Å²) < 4.78 is 10.9. The van der Waals surface area contributed by atoms with E-state index in [0.29, 0.717) is 6.54 Å². The third-order valence-corrected chi connectivity index (χ3v) is 5.97. The first kappa shape index (κ1) is 22.3. The Kier molecular flexibility index (Phi) is 7.77. The van der Waals surface area contributed by atoms with Gasteiger partial charge in [-0.2, -0.15) is 0 Å². The molecular weight excluding hydrogens is 400 g/mol. The summed E-state index contributed by atoms with van der Waals surface area (Å²) in [7, 11) is 1.64. The van der Waals surface area contributed by atoms with Gasteiger partial charge in [0.25, 0.3) is 0 Å². The van der Waals surface area contributed by atoms with Crippen LogP contribution < -0.4 is 9.47 Å². The Morgan fingerprint density at radius 1 is 0.750 bits per heavy atom. The molecular formula is C27H32N2O3. The van der Waals surface area contributed by atoms with Gasteiger partial charge in [-0.15, -0.1) is 0 Å². The van der Waals surface area contributed by atoms with E-state index >= 15 is 0 Å². The highest BCUT2D eigenvalue weighted by atomic mass is 16.5. The molecule has 1 atom stereocenters. The van der Waals surface area contributed by atoms with Crippen molar-refractivity contribution in [2.75, 3.05) is 46.4 Å². The molecule has 32 heavy (non-hydrogen) atoms. The maximum Gasteiger partial charge on any atom is 0.119 e. The summed E-state index contributed by atoms with van der Waals surface area (Å²) in [6.45, 7) is 4.67. The van der Waals surface area contributed by atoms with Crippen LogP contribution in [0.2, 0.25) is 0 Å². The summed E-state index contributed by atoms with van der Waals surface area (Å²) in [4.78, 5) is 4.87. The van der Waals surface area contributed by atoms with Crippen LogP contribution in [0.4, 0.5) is 0 Å². The van der Waals surface area contributed by atoms with Crippen molar-refractivity contribution in [1.82, 2.24) is 9.80 Å². The van der Waals surface area contributed by atoms with E-state index in [1.54, 1.807) is 7.11 Å². The third-order valence-electron chi connectivity index (χ3n) is 5.97. The maximum atomic E-state index is 10.5. The summed E-state index contributed by atoms with van der Waals surface area (Å²) in [6.07, 6.45) is -0.525. The number of β-amino-alcohol motifs (C(OH)–C–C–N with tert-alkyl or cyclic N) is 1. The summed E-state index contributed by atoms with van der Waals surface area (Å²) >= 11 is 0. The van der Waals surface area contributed by atoms with Crippen molar-refractivity contribution in [2.45, 2.75) is 12.1 Å². The van der Waals surface area contributed by atoms with E-state index in [0.717, 1.165) is 37.7 Å². The maximum absolute atomic E-state index is 10.5. The van der Waals surface area contributed by atoms with Gasteiger partial charge in [0.05, 0.1) is 13.2 Å².